The monoisotopic (exact) mass is 322 g/mol. The minimum Gasteiger partial charge on any atom is -0.465 e. The standard InChI is InChI=1S/C16H15ClO3S/c1-20-16(19)13-8-7-12(9-14(13)17)21-10-15(18)11-5-3-2-4-6-11/h2-9,15,18H,10H2,1H3/t15-/m0/s1. The van der Waals surface area contributed by atoms with Crippen LogP contribution in [-0.4, -0.2) is 23.9 Å². The molecule has 1 atom stereocenters. The molecule has 0 amide bonds. The Balaban J connectivity index is 2.01. The number of aliphatic hydroxyl groups excluding tert-OH is 1. The van der Waals surface area contributed by atoms with Gasteiger partial charge in [-0.1, -0.05) is 41.9 Å². The molecule has 0 spiro atoms. The molecule has 2 aromatic rings. The van der Waals surface area contributed by atoms with Gasteiger partial charge in [0.15, 0.2) is 0 Å². The molecule has 5 heteroatoms. The number of methoxy groups -OCH3 is 1. The van der Waals surface area contributed by atoms with E-state index in [2.05, 4.69) is 4.74 Å². The molecule has 0 aromatic heterocycles. The number of esters is 1. The Kier molecular flexibility index (Phi) is 5.67. The predicted molar refractivity (Wildman–Crippen MR) is 84.9 cm³/mol. The van der Waals surface area contributed by atoms with Crippen molar-refractivity contribution in [3.05, 3.63) is 64.7 Å². The SMILES string of the molecule is COC(=O)c1ccc(SC[C@H](O)c2ccccc2)cc1Cl. The molecule has 0 aliphatic carbocycles. The molecule has 0 saturated carbocycles. The van der Waals surface area contributed by atoms with Crippen LogP contribution in [0, 0.1) is 0 Å². The maximum Gasteiger partial charge on any atom is 0.339 e. The van der Waals surface area contributed by atoms with Gasteiger partial charge >= 0.3 is 5.97 Å². The number of aliphatic hydroxyl groups is 1. The number of benzene rings is 2. The lowest BCUT2D eigenvalue weighted by atomic mass is 10.1. The lowest BCUT2D eigenvalue weighted by Crippen LogP contribution is -2.02. The molecule has 2 aromatic carbocycles. The molecule has 0 bridgehead atoms. The molecular weight excluding hydrogens is 308 g/mol. The smallest absolute Gasteiger partial charge is 0.339 e. The first-order valence-corrected chi connectivity index (χ1v) is 7.72. The summed E-state index contributed by atoms with van der Waals surface area (Å²) >= 11 is 7.54. The van der Waals surface area contributed by atoms with Crippen molar-refractivity contribution in [3.8, 4) is 0 Å². The largest absolute Gasteiger partial charge is 0.465 e. The summed E-state index contributed by atoms with van der Waals surface area (Å²) in [6.45, 7) is 0. The van der Waals surface area contributed by atoms with Crippen LogP contribution in [0.25, 0.3) is 0 Å². The van der Waals surface area contributed by atoms with E-state index in [0.717, 1.165) is 10.5 Å². The number of thioether (sulfide) groups is 1. The second-order valence-corrected chi connectivity index (χ2v) is 5.87. The van der Waals surface area contributed by atoms with Gasteiger partial charge < -0.3 is 9.84 Å². The lowest BCUT2D eigenvalue weighted by Gasteiger charge is -2.11. The minimum atomic E-state index is -0.546. The maximum absolute atomic E-state index is 11.4. The summed E-state index contributed by atoms with van der Waals surface area (Å²) in [4.78, 5) is 12.3. The van der Waals surface area contributed by atoms with E-state index in [1.165, 1.54) is 18.9 Å². The Morgan fingerprint density at radius 1 is 1.29 bits per heavy atom. The maximum atomic E-state index is 11.4. The summed E-state index contributed by atoms with van der Waals surface area (Å²) in [5.74, 6) is 0.0543. The van der Waals surface area contributed by atoms with Crippen LogP contribution in [0.1, 0.15) is 22.0 Å². The Hall–Kier alpha value is -1.49. The molecule has 3 nitrogen and oxygen atoms in total. The first kappa shape index (κ1) is 15.9. The molecule has 0 fully saturated rings. The Labute approximate surface area is 132 Å². The van der Waals surface area contributed by atoms with E-state index in [9.17, 15) is 9.90 Å². The first-order chi connectivity index (χ1) is 10.1. The van der Waals surface area contributed by atoms with Crippen molar-refractivity contribution in [2.45, 2.75) is 11.0 Å². The Morgan fingerprint density at radius 3 is 2.62 bits per heavy atom. The highest BCUT2D eigenvalue weighted by Gasteiger charge is 2.12. The number of hydrogen-bond donors (Lipinski definition) is 1. The topological polar surface area (TPSA) is 46.5 Å². The van der Waals surface area contributed by atoms with Crippen LogP contribution in [0.15, 0.2) is 53.4 Å². The number of carbonyl (C=O) groups is 1. The van der Waals surface area contributed by atoms with Gasteiger partial charge in [0, 0.05) is 10.6 Å². The average molecular weight is 323 g/mol. The third-order valence-electron chi connectivity index (χ3n) is 2.94. The fraction of sp³-hybridized carbons (Fsp3) is 0.188. The van der Waals surface area contributed by atoms with Crippen LogP contribution >= 0.6 is 23.4 Å². The van der Waals surface area contributed by atoms with Gasteiger partial charge in [-0.3, -0.25) is 0 Å². The molecule has 0 radical (unpaired) electrons. The predicted octanol–water partition coefficient (Wildman–Crippen LogP) is 3.95. The Morgan fingerprint density at radius 2 is 2.00 bits per heavy atom. The molecular formula is C16H15ClO3S. The van der Waals surface area contributed by atoms with Gasteiger partial charge in [0.25, 0.3) is 0 Å². The van der Waals surface area contributed by atoms with Crippen LogP contribution in [0.5, 0.6) is 0 Å². The highest BCUT2D eigenvalue weighted by Crippen LogP contribution is 2.28. The molecule has 2 rings (SSSR count). The van der Waals surface area contributed by atoms with E-state index in [1.54, 1.807) is 18.2 Å². The van der Waals surface area contributed by atoms with Crippen molar-refractivity contribution in [2.75, 3.05) is 12.9 Å². The molecule has 0 aliphatic rings. The molecule has 21 heavy (non-hydrogen) atoms. The highest BCUT2D eigenvalue weighted by molar-refractivity contribution is 7.99. The van der Waals surface area contributed by atoms with Gasteiger partial charge in [-0.25, -0.2) is 4.79 Å². The third-order valence-corrected chi connectivity index (χ3v) is 4.32. The van der Waals surface area contributed by atoms with E-state index >= 15 is 0 Å². The number of carbonyl (C=O) groups excluding carboxylic acids is 1. The summed E-state index contributed by atoms with van der Waals surface area (Å²) in [5, 5.41) is 10.5. The van der Waals surface area contributed by atoms with Crippen molar-refractivity contribution in [3.63, 3.8) is 0 Å². The van der Waals surface area contributed by atoms with Crippen molar-refractivity contribution in [2.24, 2.45) is 0 Å². The van der Waals surface area contributed by atoms with Gasteiger partial charge in [0.2, 0.25) is 0 Å². The molecule has 110 valence electrons. The van der Waals surface area contributed by atoms with Gasteiger partial charge in [-0.15, -0.1) is 11.8 Å². The van der Waals surface area contributed by atoms with Gasteiger partial charge in [-0.05, 0) is 23.8 Å². The first-order valence-electron chi connectivity index (χ1n) is 6.35. The van der Waals surface area contributed by atoms with Crippen molar-refractivity contribution >= 4 is 29.3 Å². The van der Waals surface area contributed by atoms with Crippen LogP contribution in [0.2, 0.25) is 5.02 Å². The van der Waals surface area contributed by atoms with Gasteiger partial charge in [0.1, 0.15) is 0 Å². The molecule has 0 aliphatic heterocycles. The van der Waals surface area contributed by atoms with Crippen LogP contribution in [0.3, 0.4) is 0 Å². The van der Waals surface area contributed by atoms with Crippen LogP contribution in [-0.2, 0) is 4.74 Å². The quantitative estimate of drug-likeness (QED) is 0.668. The van der Waals surface area contributed by atoms with E-state index in [4.69, 9.17) is 11.6 Å². The second kappa shape index (κ2) is 7.50. The van der Waals surface area contributed by atoms with E-state index in [-0.39, 0.29) is 0 Å². The van der Waals surface area contributed by atoms with Crippen molar-refractivity contribution in [1.82, 2.24) is 0 Å². The minimum absolute atomic E-state index is 0.340. The molecule has 0 unspecified atom stereocenters. The lowest BCUT2D eigenvalue weighted by molar-refractivity contribution is 0.0601. The summed E-state index contributed by atoms with van der Waals surface area (Å²) in [6.07, 6.45) is -0.546. The summed E-state index contributed by atoms with van der Waals surface area (Å²) in [5.41, 5.74) is 1.22. The zero-order chi connectivity index (χ0) is 15.2. The van der Waals surface area contributed by atoms with Crippen molar-refractivity contribution < 1.29 is 14.6 Å². The summed E-state index contributed by atoms with van der Waals surface area (Å²) in [6, 6.07) is 14.6. The number of rotatable bonds is 5. The fourth-order valence-corrected chi connectivity index (χ4v) is 3.04. The second-order valence-electron chi connectivity index (χ2n) is 4.37. The zero-order valence-electron chi connectivity index (χ0n) is 11.5. The number of halogens is 1. The van der Waals surface area contributed by atoms with Gasteiger partial charge in [0.05, 0.1) is 23.8 Å². The number of ether oxygens (including phenoxy) is 1. The summed E-state index contributed by atoms with van der Waals surface area (Å²) < 4.78 is 4.64. The Bertz CT molecular complexity index is 616. The van der Waals surface area contributed by atoms with Crippen LogP contribution < -0.4 is 0 Å². The van der Waals surface area contributed by atoms with E-state index in [0.29, 0.717) is 16.3 Å². The van der Waals surface area contributed by atoms with E-state index in [1.807, 2.05) is 30.3 Å². The average Bonchev–Trinajstić information content (AvgIpc) is 2.52. The highest BCUT2D eigenvalue weighted by atomic mass is 35.5. The van der Waals surface area contributed by atoms with Crippen molar-refractivity contribution in [1.29, 1.82) is 0 Å². The molecule has 1 N–H and O–H groups in total. The van der Waals surface area contributed by atoms with Gasteiger partial charge in [-0.2, -0.15) is 0 Å². The third kappa shape index (κ3) is 4.24. The molecule has 0 saturated heterocycles. The summed E-state index contributed by atoms with van der Waals surface area (Å²) in [7, 11) is 1.32. The normalized spacial score (nSPS) is 12.0. The zero-order valence-corrected chi connectivity index (χ0v) is 13.0. The molecule has 0 heterocycles. The fourth-order valence-electron chi connectivity index (χ4n) is 1.81. The van der Waals surface area contributed by atoms with E-state index < -0.39 is 12.1 Å². The number of hydrogen-bond acceptors (Lipinski definition) is 4. The van der Waals surface area contributed by atoms with Crippen LogP contribution in [0.4, 0.5) is 0 Å².